The maximum Gasteiger partial charge on any atom is 0.243 e. The zero-order valence-corrected chi connectivity index (χ0v) is 17.3. The van der Waals surface area contributed by atoms with Crippen molar-refractivity contribution in [3.8, 4) is 5.75 Å². The number of ether oxygens (including phenoxy) is 1. The van der Waals surface area contributed by atoms with Crippen molar-refractivity contribution in [2.75, 3.05) is 7.11 Å². The Kier molecular flexibility index (Phi) is 6.37. The van der Waals surface area contributed by atoms with E-state index in [1.807, 2.05) is 24.3 Å². The molecule has 140 valence electrons. The van der Waals surface area contributed by atoms with Gasteiger partial charge in [-0.25, -0.2) is 8.42 Å². The van der Waals surface area contributed by atoms with Crippen LogP contribution in [0.3, 0.4) is 0 Å². The smallest absolute Gasteiger partial charge is 0.243 e. The van der Waals surface area contributed by atoms with E-state index in [0.717, 1.165) is 41.5 Å². The molecule has 0 amide bonds. The van der Waals surface area contributed by atoms with Crippen LogP contribution in [-0.2, 0) is 16.6 Å². The maximum atomic E-state index is 13.4. The molecule has 0 unspecified atom stereocenters. The zero-order chi connectivity index (χ0) is 18.6. The first-order chi connectivity index (χ1) is 12.5. The van der Waals surface area contributed by atoms with E-state index in [9.17, 15) is 8.42 Å². The minimum atomic E-state index is -3.55. The minimum Gasteiger partial charge on any atom is -0.497 e. The second-order valence-corrected chi connectivity index (χ2v) is 9.45. The Balaban J connectivity index is 1.92. The van der Waals surface area contributed by atoms with Crippen LogP contribution in [0.5, 0.6) is 5.75 Å². The van der Waals surface area contributed by atoms with Gasteiger partial charge in [0.1, 0.15) is 5.75 Å². The first-order valence-corrected chi connectivity index (χ1v) is 11.1. The van der Waals surface area contributed by atoms with Gasteiger partial charge in [0.05, 0.1) is 12.0 Å². The molecule has 1 fully saturated rings. The van der Waals surface area contributed by atoms with Crippen LogP contribution in [0.25, 0.3) is 0 Å². The second-order valence-electron chi connectivity index (χ2n) is 6.64. The normalized spacial score (nSPS) is 16.0. The van der Waals surface area contributed by atoms with Crippen molar-refractivity contribution < 1.29 is 13.2 Å². The highest BCUT2D eigenvalue weighted by Crippen LogP contribution is 2.30. The highest BCUT2D eigenvalue weighted by Gasteiger charge is 2.32. The lowest BCUT2D eigenvalue weighted by Gasteiger charge is -2.33. The number of rotatable bonds is 6. The van der Waals surface area contributed by atoms with Crippen molar-refractivity contribution in [2.24, 2.45) is 0 Å². The quantitative estimate of drug-likeness (QED) is 0.639. The SMILES string of the molecule is COc1ccc(CN(C2CCCCC2)S(=O)(=O)c2ccc(Br)cc2)cc1. The summed E-state index contributed by atoms with van der Waals surface area (Å²) in [6.45, 7) is 0.382. The van der Waals surface area contributed by atoms with Crippen molar-refractivity contribution >= 4 is 26.0 Å². The molecule has 1 aliphatic carbocycles. The van der Waals surface area contributed by atoms with Gasteiger partial charge in [-0.1, -0.05) is 47.3 Å². The molecule has 0 atom stereocenters. The zero-order valence-electron chi connectivity index (χ0n) is 14.9. The minimum absolute atomic E-state index is 0.0551. The standard InChI is InChI=1S/C20H24BrNO3S/c1-25-19-11-7-16(8-12-19)15-22(18-5-3-2-4-6-18)26(23,24)20-13-9-17(21)10-14-20/h7-14,18H,2-6,15H2,1H3. The summed E-state index contributed by atoms with van der Waals surface area (Å²) in [5.41, 5.74) is 0.970. The molecule has 6 heteroatoms. The summed E-state index contributed by atoms with van der Waals surface area (Å²) in [5, 5.41) is 0. The largest absolute Gasteiger partial charge is 0.497 e. The average Bonchev–Trinajstić information content (AvgIpc) is 2.67. The summed E-state index contributed by atoms with van der Waals surface area (Å²) in [4.78, 5) is 0.347. The lowest BCUT2D eigenvalue weighted by atomic mass is 9.95. The summed E-state index contributed by atoms with van der Waals surface area (Å²) in [7, 11) is -1.92. The number of hydrogen-bond donors (Lipinski definition) is 0. The molecule has 0 aliphatic heterocycles. The van der Waals surface area contributed by atoms with Crippen LogP contribution in [0.2, 0.25) is 0 Å². The Morgan fingerprint density at radius 2 is 1.62 bits per heavy atom. The summed E-state index contributed by atoms with van der Waals surface area (Å²) >= 11 is 3.37. The number of hydrogen-bond acceptors (Lipinski definition) is 3. The predicted octanol–water partition coefficient (Wildman–Crippen LogP) is 4.98. The van der Waals surface area contributed by atoms with Gasteiger partial charge in [0.15, 0.2) is 0 Å². The van der Waals surface area contributed by atoms with Gasteiger partial charge in [0.25, 0.3) is 0 Å². The van der Waals surface area contributed by atoms with Crippen LogP contribution >= 0.6 is 15.9 Å². The summed E-state index contributed by atoms with van der Waals surface area (Å²) in [5.74, 6) is 0.772. The summed E-state index contributed by atoms with van der Waals surface area (Å²) in [6.07, 6.45) is 5.20. The van der Waals surface area contributed by atoms with Crippen molar-refractivity contribution in [3.05, 3.63) is 58.6 Å². The van der Waals surface area contributed by atoms with Gasteiger partial charge < -0.3 is 4.74 Å². The third kappa shape index (κ3) is 4.48. The molecule has 0 N–H and O–H groups in total. The van der Waals surface area contributed by atoms with Crippen LogP contribution in [0.4, 0.5) is 0 Å². The number of halogens is 1. The molecule has 0 saturated heterocycles. The van der Waals surface area contributed by atoms with E-state index >= 15 is 0 Å². The molecular formula is C20H24BrNO3S. The molecule has 2 aromatic rings. The van der Waals surface area contributed by atoms with E-state index in [1.165, 1.54) is 6.42 Å². The Morgan fingerprint density at radius 3 is 2.19 bits per heavy atom. The Hall–Kier alpha value is -1.37. The van der Waals surface area contributed by atoms with E-state index < -0.39 is 10.0 Å². The van der Waals surface area contributed by atoms with Crippen molar-refractivity contribution in [1.29, 1.82) is 0 Å². The number of methoxy groups -OCH3 is 1. The van der Waals surface area contributed by atoms with Crippen LogP contribution in [0, 0.1) is 0 Å². The third-order valence-corrected chi connectivity index (χ3v) is 7.34. The molecule has 1 saturated carbocycles. The van der Waals surface area contributed by atoms with Crippen LogP contribution in [-0.4, -0.2) is 25.9 Å². The Bertz CT molecular complexity index is 813. The Labute approximate surface area is 164 Å². The molecule has 2 aromatic carbocycles. The van der Waals surface area contributed by atoms with Crippen LogP contribution < -0.4 is 4.74 Å². The van der Waals surface area contributed by atoms with Gasteiger partial charge in [-0.2, -0.15) is 4.31 Å². The second kappa shape index (κ2) is 8.55. The van der Waals surface area contributed by atoms with E-state index in [2.05, 4.69) is 15.9 Å². The van der Waals surface area contributed by atoms with Gasteiger partial charge in [-0.3, -0.25) is 0 Å². The maximum absolute atomic E-state index is 13.4. The van der Waals surface area contributed by atoms with Gasteiger partial charge in [0, 0.05) is 17.1 Å². The molecule has 0 spiro atoms. The fraction of sp³-hybridized carbons (Fsp3) is 0.400. The molecule has 1 aliphatic rings. The number of nitrogens with zero attached hydrogens (tertiary/aromatic N) is 1. The average molecular weight is 438 g/mol. The summed E-state index contributed by atoms with van der Waals surface area (Å²) < 4.78 is 34.5. The molecule has 0 heterocycles. The highest BCUT2D eigenvalue weighted by molar-refractivity contribution is 9.10. The van der Waals surface area contributed by atoms with Gasteiger partial charge in [-0.05, 0) is 54.8 Å². The molecule has 26 heavy (non-hydrogen) atoms. The first kappa shape index (κ1) is 19.4. The third-order valence-electron chi connectivity index (χ3n) is 4.90. The molecule has 0 aromatic heterocycles. The molecular weight excluding hydrogens is 414 g/mol. The first-order valence-electron chi connectivity index (χ1n) is 8.91. The van der Waals surface area contributed by atoms with E-state index in [0.29, 0.717) is 11.4 Å². The number of benzene rings is 2. The Morgan fingerprint density at radius 1 is 1.00 bits per heavy atom. The van der Waals surface area contributed by atoms with Crippen molar-refractivity contribution in [1.82, 2.24) is 4.31 Å². The van der Waals surface area contributed by atoms with Gasteiger partial charge in [-0.15, -0.1) is 0 Å². The van der Waals surface area contributed by atoms with Gasteiger partial charge in [0.2, 0.25) is 10.0 Å². The highest BCUT2D eigenvalue weighted by atomic mass is 79.9. The van der Waals surface area contributed by atoms with Crippen LogP contribution in [0.15, 0.2) is 57.9 Å². The van der Waals surface area contributed by atoms with Crippen molar-refractivity contribution in [2.45, 2.75) is 49.6 Å². The van der Waals surface area contributed by atoms with Crippen molar-refractivity contribution in [3.63, 3.8) is 0 Å². The number of sulfonamides is 1. The monoisotopic (exact) mass is 437 g/mol. The molecule has 0 bridgehead atoms. The lowest BCUT2D eigenvalue weighted by Crippen LogP contribution is -2.40. The van der Waals surface area contributed by atoms with Gasteiger partial charge >= 0.3 is 0 Å². The predicted molar refractivity (Wildman–Crippen MR) is 107 cm³/mol. The van der Waals surface area contributed by atoms with E-state index in [-0.39, 0.29) is 6.04 Å². The lowest BCUT2D eigenvalue weighted by molar-refractivity contribution is 0.247. The fourth-order valence-corrected chi connectivity index (χ4v) is 5.37. The topological polar surface area (TPSA) is 46.6 Å². The fourth-order valence-electron chi connectivity index (χ4n) is 3.43. The molecule has 4 nitrogen and oxygen atoms in total. The molecule has 3 rings (SSSR count). The van der Waals surface area contributed by atoms with E-state index in [4.69, 9.17) is 4.74 Å². The summed E-state index contributed by atoms with van der Waals surface area (Å²) in [6, 6.07) is 14.6. The van der Waals surface area contributed by atoms with E-state index in [1.54, 1.807) is 35.7 Å². The van der Waals surface area contributed by atoms with Crippen LogP contribution in [0.1, 0.15) is 37.7 Å². The molecule has 0 radical (unpaired) electrons.